The molecule has 16 heteroatoms. The highest BCUT2D eigenvalue weighted by molar-refractivity contribution is 7.98. The van der Waals surface area contributed by atoms with E-state index in [1.165, 1.54) is 17.7 Å². The topological polar surface area (TPSA) is 181 Å². The van der Waals surface area contributed by atoms with Crippen LogP contribution >= 0.6 is 11.8 Å². The summed E-state index contributed by atoms with van der Waals surface area (Å²) in [6.45, 7) is 15.2. The molecule has 4 amide bonds. The number of thioether (sulfide) groups is 1. The Morgan fingerprint density at radius 1 is 1.03 bits per heavy atom. The third-order valence-electron chi connectivity index (χ3n) is 12.8. The minimum atomic E-state index is -0.795. The SMILES string of the molecule is CCN(C(=O)OCc1ccc(NC(=O)[C@H](C)NC(=O)[C@@H](N)C(C)C)cc1)c1cc([C@]2(c3nncn3C)C[C@@H](C)C2)cc(N2Cc3c(SC)cc(CN4CCC[C@H](C)C4)cc3C2=O)n1. The molecule has 0 spiro atoms. The van der Waals surface area contributed by atoms with Crippen molar-refractivity contribution in [1.82, 2.24) is 30.0 Å². The zero-order valence-corrected chi connectivity index (χ0v) is 38.6. The van der Waals surface area contributed by atoms with Gasteiger partial charge < -0.3 is 25.7 Å². The third kappa shape index (κ3) is 9.77. The zero-order valence-electron chi connectivity index (χ0n) is 37.8. The highest BCUT2D eigenvalue weighted by Crippen LogP contribution is 2.52. The molecule has 7 rings (SSSR count). The van der Waals surface area contributed by atoms with E-state index in [4.69, 9.17) is 15.5 Å². The minimum Gasteiger partial charge on any atom is -0.444 e. The van der Waals surface area contributed by atoms with Gasteiger partial charge in [-0.15, -0.1) is 22.0 Å². The van der Waals surface area contributed by atoms with E-state index in [1.807, 2.05) is 44.5 Å². The van der Waals surface area contributed by atoms with Crippen LogP contribution in [0.4, 0.5) is 22.1 Å². The van der Waals surface area contributed by atoms with Crippen molar-refractivity contribution in [3.05, 3.63) is 88.5 Å². The second-order valence-corrected chi connectivity index (χ2v) is 19.0. The molecule has 1 saturated heterocycles. The van der Waals surface area contributed by atoms with E-state index in [2.05, 4.69) is 58.0 Å². The Morgan fingerprint density at radius 2 is 1.78 bits per heavy atom. The van der Waals surface area contributed by atoms with Crippen LogP contribution < -0.4 is 26.2 Å². The van der Waals surface area contributed by atoms with Crippen LogP contribution in [0, 0.1) is 17.8 Å². The Labute approximate surface area is 374 Å². The molecule has 1 aliphatic carbocycles. The number of carbonyl (C=O) groups is 4. The number of aromatic nitrogens is 4. The molecule has 2 aromatic carbocycles. The summed E-state index contributed by atoms with van der Waals surface area (Å²) in [5.74, 6) is 1.78. The van der Waals surface area contributed by atoms with Gasteiger partial charge >= 0.3 is 6.09 Å². The number of ether oxygens (including phenoxy) is 1. The van der Waals surface area contributed by atoms with E-state index >= 15 is 0 Å². The predicted octanol–water partition coefficient (Wildman–Crippen LogP) is 6.63. The predicted molar refractivity (Wildman–Crippen MR) is 246 cm³/mol. The smallest absolute Gasteiger partial charge is 0.415 e. The molecule has 2 aliphatic heterocycles. The lowest BCUT2D eigenvalue weighted by atomic mass is 9.58. The maximum absolute atomic E-state index is 14.6. The Kier molecular flexibility index (Phi) is 13.9. The van der Waals surface area contributed by atoms with Gasteiger partial charge in [0.05, 0.1) is 18.0 Å². The molecule has 4 N–H and O–H groups in total. The molecule has 3 atom stereocenters. The van der Waals surface area contributed by atoms with Gasteiger partial charge in [-0.1, -0.05) is 39.8 Å². The molecule has 1 saturated carbocycles. The summed E-state index contributed by atoms with van der Waals surface area (Å²) in [5, 5.41) is 14.3. The molecule has 336 valence electrons. The van der Waals surface area contributed by atoms with Crippen molar-refractivity contribution in [3.63, 3.8) is 0 Å². The number of likely N-dealkylation sites (tertiary alicyclic amines) is 1. The second-order valence-electron chi connectivity index (χ2n) is 18.1. The molecule has 0 bridgehead atoms. The molecule has 15 nitrogen and oxygen atoms in total. The van der Waals surface area contributed by atoms with Gasteiger partial charge in [0.1, 0.15) is 36.4 Å². The summed E-state index contributed by atoms with van der Waals surface area (Å²) in [7, 11) is 1.94. The molecular formula is C47H62N10O5S. The van der Waals surface area contributed by atoms with Gasteiger partial charge in [-0.2, -0.15) is 0 Å². The summed E-state index contributed by atoms with van der Waals surface area (Å²) in [5.41, 5.74) is 10.4. The van der Waals surface area contributed by atoms with E-state index in [-0.39, 0.29) is 30.9 Å². The summed E-state index contributed by atoms with van der Waals surface area (Å²) in [6, 6.07) is 13.7. The number of amides is 4. The first-order chi connectivity index (χ1) is 30.1. The lowest BCUT2D eigenvalue weighted by Gasteiger charge is -2.46. The van der Waals surface area contributed by atoms with Crippen LogP contribution in [0.15, 0.2) is 59.8 Å². The molecule has 4 aromatic rings. The summed E-state index contributed by atoms with van der Waals surface area (Å²) in [4.78, 5) is 65.7. The fourth-order valence-electron chi connectivity index (χ4n) is 9.25. The van der Waals surface area contributed by atoms with E-state index in [9.17, 15) is 19.2 Å². The minimum absolute atomic E-state index is 0.0356. The van der Waals surface area contributed by atoms with Crippen LogP contribution in [0.1, 0.15) is 106 Å². The molecule has 0 radical (unpaired) electrons. The molecule has 0 unspecified atom stereocenters. The van der Waals surface area contributed by atoms with Crippen LogP contribution in [0.5, 0.6) is 0 Å². The number of pyridine rings is 1. The highest BCUT2D eigenvalue weighted by atomic mass is 32.2. The van der Waals surface area contributed by atoms with Crippen molar-refractivity contribution in [1.29, 1.82) is 0 Å². The van der Waals surface area contributed by atoms with Gasteiger partial charge in [0.2, 0.25) is 11.8 Å². The first kappa shape index (κ1) is 45.7. The summed E-state index contributed by atoms with van der Waals surface area (Å²) in [6.07, 6.45) is 7.23. The van der Waals surface area contributed by atoms with Gasteiger partial charge in [-0.3, -0.25) is 29.1 Å². The number of carbonyl (C=O) groups excluding carboxylic acids is 4. The number of fused-ring (bicyclic) bond motifs is 1. The van der Waals surface area contributed by atoms with E-state index in [1.54, 1.807) is 54.2 Å². The van der Waals surface area contributed by atoms with Crippen molar-refractivity contribution >= 4 is 52.9 Å². The second kappa shape index (κ2) is 19.2. The number of aryl methyl sites for hydroxylation is 1. The first-order valence-corrected chi connectivity index (χ1v) is 23.3. The van der Waals surface area contributed by atoms with E-state index in [0.29, 0.717) is 46.8 Å². The van der Waals surface area contributed by atoms with Gasteiger partial charge in [-0.25, -0.2) is 9.78 Å². The normalized spacial score (nSPS) is 20.8. The Hall–Kier alpha value is -5.32. The number of piperidine rings is 1. The quantitative estimate of drug-likeness (QED) is 0.109. The number of nitrogens with two attached hydrogens (primary N) is 1. The Balaban J connectivity index is 1.13. The van der Waals surface area contributed by atoms with Crippen LogP contribution in [0.2, 0.25) is 0 Å². The maximum Gasteiger partial charge on any atom is 0.415 e. The number of benzene rings is 2. The summed E-state index contributed by atoms with van der Waals surface area (Å²) >= 11 is 1.66. The Morgan fingerprint density at radius 3 is 2.41 bits per heavy atom. The number of hydrogen-bond acceptors (Lipinski definition) is 11. The van der Waals surface area contributed by atoms with Crippen molar-refractivity contribution in [2.45, 2.75) is 109 Å². The van der Waals surface area contributed by atoms with Crippen LogP contribution in [0.3, 0.4) is 0 Å². The monoisotopic (exact) mass is 878 g/mol. The fourth-order valence-corrected chi connectivity index (χ4v) is 9.94. The molecular weight excluding hydrogens is 817 g/mol. The maximum atomic E-state index is 14.6. The molecule has 2 fully saturated rings. The number of anilines is 3. The summed E-state index contributed by atoms with van der Waals surface area (Å²) < 4.78 is 7.84. The van der Waals surface area contributed by atoms with Gasteiger partial charge in [0, 0.05) is 42.8 Å². The van der Waals surface area contributed by atoms with Crippen molar-refractivity contribution in [3.8, 4) is 0 Å². The van der Waals surface area contributed by atoms with E-state index < -0.39 is 29.5 Å². The van der Waals surface area contributed by atoms with Crippen molar-refractivity contribution < 1.29 is 23.9 Å². The number of hydrogen-bond donors (Lipinski definition) is 3. The lowest BCUT2D eigenvalue weighted by Crippen LogP contribution is -2.50. The average molecular weight is 879 g/mol. The van der Waals surface area contributed by atoms with Gasteiger partial charge in [0.25, 0.3) is 5.91 Å². The average Bonchev–Trinajstić information content (AvgIpc) is 3.83. The fraction of sp³-hybridized carbons (Fsp3) is 0.511. The molecule has 63 heavy (non-hydrogen) atoms. The highest BCUT2D eigenvalue weighted by Gasteiger charge is 2.49. The zero-order chi connectivity index (χ0) is 45.2. The molecule has 3 aliphatic rings. The lowest BCUT2D eigenvalue weighted by molar-refractivity contribution is -0.127. The Bertz CT molecular complexity index is 2330. The van der Waals surface area contributed by atoms with Crippen molar-refractivity contribution in [2.75, 3.05) is 41.0 Å². The van der Waals surface area contributed by atoms with Crippen LogP contribution in [-0.2, 0) is 46.5 Å². The van der Waals surface area contributed by atoms with Crippen LogP contribution in [-0.4, -0.2) is 86.4 Å². The van der Waals surface area contributed by atoms with Gasteiger partial charge in [0.15, 0.2) is 0 Å². The first-order valence-electron chi connectivity index (χ1n) is 22.1. The number of nitrogens with zero attached hydrogens (tertiary/aromatic N) is 7. The van der Waals surface area contributed by atoms with Crippen molar-refractivity contribution in [2.24, 2.45) is 30.5 Å². The molecule has 4 heterocycles. The third-order valence-corrected chi connectivity index (χ3v) is 13.6. The number of rotatable bonds is 15. The largest absolute Gasteiger partial charge is 0.444 e. The van der Waals surface area contributed by atoms with Crippen LogP contribution in [0.25, 0.3) is 0 Å². The number of nitrogens with one attached hydrogen (secondary N) is 2. The van der Waals surface area contributed by atoms with Gasteiger partial charge in [-0.05, 0) is 129 Å². The van der Waals surface area contributed by atoms with E-state index in [0.717, 1.165) is 59.9 Å². The molecule has 2 aromatic heterocycles. The standard InChI is InChI=1S/C47H62N10O5S/c1-9-56(46(61)62-26-32-12-14-35(15-13-32)51-42(58)31(6)50-43(59)41(48)28(2)3)39-19-34(47(21-30(5)22-47)45-53-49-27-54(45)7)20-40(52-39)57-25-37-36(44(57)60)17-33(18-38(37)63-8)24-55-16-10-11-29(4)23-55/h12-15,17-20,27-31,41H,9-11,16,21-26,48H2,1-8H3,(H,50,59)(H,51,58)/t29-,30-,31-,41-,47+/m0/s1.